The van der Waals surface area contributed by atoms with Crippen molar-refractivity contribution >= 4 is 11.9 Å². The number of nitrogens with zero attached hydrogens (tertiary/aromatic N) is 1. The Labute approximate surface area is 121 Å². The van der Waals surface area contributed by atoms with Crippen molar-refractivity contribution in [2.45, 2.75) is 19.4 Å². The SMILES string of the molecule is CCOC(=O)C(C#N)OC(=O)C1=COc2ccccc2C1. The molecule has 0 fully saturated rings. The zero-order valence-corrected chi connectivity index (χ0v) is 11.4. The van der Waals surface area contributed by atoms with Crippen molar-refractivity contribution in [1.29, 1.82) is 5.26 Å². The molecule has 0 amide bonds. The van der Waals surface area contributed by atoms with Crippen LogP contribution in [0.3, 0.4) is 0 Å². The number of carbonyl (C=O) groups is 2. The highest BCUT2D eigenvalue weighted by Crippen LogP contribution is 2.26. The molecule has 21 heavy (non-hydrogen) atoms. The lowest BCUT2D eigenvalue weighted by atomic mass is 10.0. The summed E-state index contributed by atoms with van der Waals surface area (Å²) in [4.78, 5) is 23.4. The van der Waals surface area contributed by atoms with E-state index in [2.05, 4.69) is 4.74 Å². The fourth-order valence-electron chi connectivity index (χ4n) is 1.79. The Kier molecular flexibility index (Phi) is 4.57. The molecule has 1 heterocycles. The van der Waals surface area contributed by atoms with E-state index in [1.54, 1.807) is 19.1 Å². The maximum absolute atomic E-state index is 12.0. The van der Waals surface area contributed by atoms with Crippen molar-refractivity contribution in [3.8, 4) is 11.8 Å². The molecule has 1 aromatic rings. The summed E-state index contributed by atoms with van der Waals surface area (Å²) in [5.41, 5.74) is 1.06. The van der Waals surface area contributed by atoms with E-state index in [0.29, 0.717) is 12.2 Å². The monoisotopic (exact) mass is 287 g/mol. The first kappa shape index (κ1) is 14.6. The second-order valence-corrected chi connectivity index (χ2v) is 4.21. The molecule has 0 aliphatic carbocycles. The van der Waals surface area contributed by atoms with Crippen LogP contribution in [0.2, 0.25) is 0 Å². The number of rotatable bonds is 4. The third kappa shape index (κ3) is 3.39. The summed E-state index contributed by atoms with van der Waals surface area (Å²) in [5, 5.41) is 8.85. The second kappa shape index (κ2) is 6.57. The Morgan fingerprint density at radius 2 is 2.19 bits per heavy atom. The Morgan fingerprint density at radius 3 is 2.90 bits per heavy atom. The molecule has 6 heteroatoms. The van der Waals surface area contributed by atoms with Crippen molar-refractivity contribution in [2.24, 2.45) is 0 Å². The number of hydrogen-bond donors (Lipinski definition) is 0. The lowest BCUT2D eigenvalue weighted by Crippen LogP contribution is -2.29. The molecule has 0 bridgehead atoms. The Morgan fingerprint density at radius 1 is 1.43 bits per heavy atom. The van der Waals surface area contributed by atoms with Crippen LogP contribution in [0.1, 0.15) is 12.5 Å². The van der Waals surface area contributed by atoms with Crippen LogP contribution in [0.25, 0.3) is 0 Å². The van der Waals surface area contributed by atoms with Gasteiger partial charge < -0.3 is 14.2 Å². The van der Waals surface area contributed by atoms with Gasteiger partial charge >= 0.3 is 11.9 Å². The zero-order valence-electron chi connectivity index (χ0n) is 11.4. The first-order valence-corrected chi connectivity index (χ1v) is 6.36. The summed E-state index contributed by atoms with van der Waals surface area (Å²) in [6.07, 6.45) is 0.00997. The Bertz CT molecular complexity index is 629. The van der Waals surface area contributed by atoms with Crippen LogP contribution in [0.5, 0.6) is 5.75 Å². The van der Waals surface area contributed by atoms with Gasteiger partial charge in [0.2, 0.25) is 0 Å². The average molecular weight is 287 g/mol. The number of fused-ring (bicyclic) bond motifs is 1. The van der Waals surface area contributed by atoms with Crippen molar-refractivity contribution in [3.05, 3.63) is 41.7 Å². The Balaban J connectivity index is 2.03. The van der Waals surface area contributed by atoms with E-state index in [1.165, 1.54) is 6.26 Å². The predicted molar refractivity (Wildman–Crippen MR) is 71.0 cm³/mol. The minimum atomic E-state index is -1.57. The number of nitriles is 1. The maximum Gasteiger partial charge on any atom is 0.362 e. The Hall–Kier alpha value is -2.81. The highest BCUT2D eigenvalue weighted by atomic mass is 16.6. The van der Waals surface area contributed by atoms with Gasteiger partial charge in [0.1, 0.15) is 18.1 Å². The molecule has 1 aliphatic heterocycles. The molecule has 108 valence electrons. The van der Waals surface area contributed by atoms with Crippen molar-refractivity contribution < 1.29 is 23.8 Å². The van der Waals surface area contributed by atoms with Crippen LogP contribution in [0.4, 0.5) is 0 Å². The van der Waals surface area contributed by atoms with Gasteiger partial charge in [-0.3, -0.25) is 0 Å². The van der Waals surface area contributed by atoms with Gasteiger partial charge in [-0.25, -0.2) is 9.59 Å². The molecule has 1 aliphatic rings. The van der Waals surface area contributed by atoms with E-state index >= 15 is 0 Å². The molecule has 0 saturated carbocycles. The number of esters is 2. The lowest BCUT2D eigenvalue weighted by molar-refractivity contribution is -0.161. The fraction of sp³-hybridized carbons (Fsp3) is 0.267. The molecule has 1 aromatic carbocycles. The molecule has 1 unspecified atom stereocenters. The van der Waals surface area contributed by atoms with Crippen LogP contribution >= 0.6 is 0 Å². The third-order valence-electron chi connectivity index (χ3n) is 2.79. The number of ether oxygens (including phenoxy) is 3. The van der Waals surface area contributed by atoms with Gasteiger partial charge in [-0.1, -0.05) is 18.2 Å². The first-order chi connectivity index (χ1) is 10.2. The van der Waals surface area contributed by atoms with Crippen molar-refractivity contribution in [1.82, 2.24) is 0 Å². The van der Waals surface area contributed by atoms with Crippen LogP contribution in [-0.2, 0) is 25.5 Å². The summed E-state index contributed by atoms with van der Waals surface area (Å²) in [7, 11) is 0. The minimum absolute atomic E-state index is 0.105. The molecule has 1 atom stereocenters. The number of benzene rings is 1. The molecule has 0 spiro atoms. The highest BCUT2D eigenvalue weighted by Gasteiger charge is 2.27. The molecule has 6 nitrogen and oxygen atoms in total. The first-order valence-electron chi connectivity index (χ1n) is 6.36. The summed E-state index contributed by atoms with van der Waals surface area (Å²) >= 11 is 0. The summed E-state index contributed by atoms with van der Waals surface area (Å²) < 4.78 is 14.8. The molecular formula is C15H13NO5. The zero-order chi connectivity index (χ0) is 15.2. The smallest absolute Gasteiger partial charge is 0.362 e. The third-order valence-corrected chi connectivity index (χ3v) is 2.79. The number of carbonyl (C=O) groups excluding carboxylic acids is 2. The molecule has 0 aromatic heterocycles. The summed E-state index contributed by atoms with van der Waals surface area (Å²) in [6, 6.07) is 8.84. The molecule has 2 rings (SSSR count). The summed E-state index contributed by atoms with van der Waals surface area (Å²) in [5.74, 6) is -0.994. The van der Waals surface area contributed by atoms with Gasteiger partial charge in [-0.2, -0.15) is 5.26 Å². The van der Waals surface area contributed by atoms with E-state index in [4.69, 9.17) is 14.7 Å². The number of hydrogen-bond acceptors (Lipinski definition) is 6. The fourth-order valence-corrected chi connectivity index (χ4v) is 1.79. The topological polar surface area (TPSA) is 85.6 Å². The van der Waals surface area contributed by atoms with Gasteiger partial charge in [-0.05, 0) is 18.6 Å². The van der Waals surface area contributed by atoms with Gasteiger partial charge in [0.15, 0.2) is 0 Å². The minimum Gasteiger partial charge on any atom is -0.464 e. The molecule has 0 radical (unpaired) electrons. The van der Waals surface area contributed by atoms with Crippen molar-refractivity contribution in [2.75, 3.05) is 6.61 Å². The molecular weight excluding hydrogens is 274 g/mol. The van der Waals surface area contributed by atoms with Crippen LogP contribution in [-0.4, -0.2) is 24.6 Å². The van der Waals surface area contributed by atoms with Gasteiger partial charge in [0.25, 0.3) is 6.10 Å². The highest BCUT2D eigenvalue weighted by molar-refractivity contribution is 5.92. The van der Waals surface area contributed by atoms with E-state index in [0.717, 1.165) is 5.56 Å². The predicted octanol–water partition coefficient (Wildman–Crippen LogP) is 1.50. The normalized spacial score (nSPS) is 13.8. The second-order valence-electron chi connectivity index (χ2n) is 4.21. The van der Waals surface area contributed by atoms with E-state index < -0.39 is 18.0 Å². The summed E-state index contributed by atoms with van der Waals surface area (Å²) in [6.45, 7) is 1.70. The average Bonchev–Trinajstić information content (AvgIpc) is 2.52. The quantitative estimate of drug-likeness (QED) is 0.780. The van der Waals surface area contributed by atoms with Gasteiger partial charge in [0, 0.05) is 6.42 Å². The lowest BCUT2D eigenvalue weighted by Gasteiger charge is -2.17. The maximum atomic E-state index is 12.0. The molecule has 0 N–H and O–H groups in total. The number of para-hydroxylation sites is 1. The van der Waals surface area contributed by atoms with E-state index in [1.807, 2.05) is 18.2 Å². The standard InChI is InChI=1S/C15H13NO5/c1-2-19-15(18)13(8-16)21-14(17)11-7-10-5-3-4-6-12(10)20-9-11/h3-6,9,13H,2,7H2,1H3. The van der Waals surface area contributed by atoms with Gasteiger partial charge in [0.05, 0.1) is 12.2 Å². The van der Waals surface area contributed by atoms with Crippen LogP contribution in [0, 0.1) is 11.3 Å². The van der Waals surface area contributed by atoms with Crippen LogP contribution < -0.4 is 4.74 Å². The van der Waals surface area contributed by atoms with Crippen LogP contribution in [0.15, 0.2) is 36.1 Å². The van der Waals surface area contributed by atoms with E-state index in [-0.39, 0.29) is 12.2 Å². The van der Waals surface area contributed by atoms with Gasteiger partial charge in [-0.15, -0.1) is 0 Å². The molecule has 0 saturated heterocycles. The van der Waals surface area contributed by atoms with Crippen molar-refractivity contribution in [3.63, 3.8) is 0 Å². The largest absolute Gasteiger partial charge is 0.464 e. The van der Waals surface area contributed by atoms with E-state index in [9.17, 15) is 9.59 Å².